The summed E-state index contributed by atoms with van der Waals surface area (Å²) in [4.78, 5) is 19.5. The largest absolute Gasteiger partial charge is 0.368 e. The fourth-order valence-corrected chi connectivity index (χ4v) is 3.27. The van der Waals surface area contributed by atoms with Gasteiger partial charge in [0.1, 0.15) is 23.1 Å². The molecule has 7 nitrogen and oxygen atoms in total. The first kappa shape index (κ1) is 16.7. The van der Waals surface area contributed by atoms with Crippen molar-refractivity contribution >= 4 is 17.2 Å². The van der Waals surface area contributed by atoms with Gasteiger partial charge in [0.25, 0.3) is 5.69 Å². The van der Waals surface area contributed by atoms with Crippen LogP contribution in [-0.4, -0.2) is 36.1 Å². The van der Waals surface area contributed by atoms with Gasteiger partial charge in [-0.15, -0.1) is 0 Å². The minimum atomic E-state index is -0.463. The Balaban J connectivity index is 1.87. The standard InChI is InChI=1S/C18H19N5O2/c1-13-16(12-19)18(20-14(2)17(13)23(24)25)22-10-8-21(9-11-22)15-6-4-3-5-7-15/h3-7H,8-11H2,1-2H3. The molecule has 25 heavy (non-hydrogen) atoms. The highest BCUT2D eigenvalue weighted by Crippen LogP contribution is 2.31. The van der Waals surface area contributed by atoms with Crippen LogP contribution in [0.4, 0.5) is 17.2 Å². The number of aryl methyl sites for hydroxylation is 1. The van der Waals surface area contributed by atoms with Crippen LogP contribution in [0.1, 0.15) is 16.8 Å². The SMILES string of the molecule is Cc1nc(N2CCN(c3ccccc3)CC2)c(C#N)c(C)c1[N+](=O)[O-]. The van der Waals surface area contributed by atoms with E-state index in [9.17, 15) is 15.4 Å². The van der Waals surface area contributed by atoms with Crippen LogP contribution in [0.3, 0.4) is 0 Å². The third-order valence-corrected chi connectivity index (χ3v) is 4.57. The van der Waals surface area contributed by atoms with Gasteiger partial charge >= 0.3 is 0 Å². The van der Waals surface area contributed by atoms with Gasteiger partial charge in [-0.3, -0.25) is 10.1 Å². The summed E-state index contributed by atoms with van der Waals surface area (Å²) in [5.41, 5.74) is 2.14. The number of nitrogens with zero attached hydrogens (tertiary/aromatic N) is 5. The van der Waals surface area contributed by atoms with Crippen molar-refractivity contribution in [2.75, 3.05) is 36.0 Å². The number of aromatic nitrogens is 1. The molecule has 128 valence electrons. The normalized spacial score (nSPS) is 14.3. The zero-order valence-electron chi connectivity index (χ0n) is 14.3. The molecule has 0 bridgehead atoms. The molecule has 3 rings (SSSR count). The smallest absolute Gasteiger partial charge is 0.294 e. The van der Waals surface area contributed by atoms with E-state index in [1.54, 1.807) is 13.8 Å². The predicted molar refractivity (Wildman–Crippen MR) is 95.9 cm³/mol. The number of para-hydroxylation sites is 1. The first-order valence-corrected chi connectivity index (χ1v) is 8.13. The van der Waals surface area contributed by atoms with Crippen LogP contribution in [0.15, 0.2) is 30.3 Å². The summed E-state index contributed by atoms with van der Waals surface area (Å²) >= 11 is 0. The van der Waals surface area contributed by atoms with Crippen molar-refractivity contribution in [3.05, 3.63) is 57.3 Å². The topological polar surface area (TPSA) is 86.3 Å². The Morgan fingerprint density at radius 2 is 1.72 bits per heavy atom. The zero-order chi connectivity index (χ0) is 18.0. The molecule has 2 aromatic rings. The van der Waals surface area contributed by atoms with Gasteiger partial charge in [0.05, 0.1) is 10.5 Å². The molecular weight excluding hydrogens is 318 g/mol. The summed E-state index contributed by atoms with van der Waals surface area (Å²) in [5.74, 6) is 0.552. The molecule has 7 heteroatoms. The quantitative estimate of drug-likeness (QED) is 0.632. The highest BCUT2D eigenvalue weighted by atomic mass is 16.6. The van der Waals surface area contributed by atoms with Crippen LogP contribution in [0.2, 0.25) is 0 Å². The van der Waals surface area contributed by atoms with Crippen LogP contribution in [0.25, 0.3) is 0 Å². The molecule has 1 aliphatic rings. The van der Waals surface area contributed by atoms with Gasteiger partial charge in [-0.25, -0.2) is 4.98 Å². The summed E-state index contributed by atoms with van der Waals surface area (Å²) in [6, 6.07) is 12.3. The van der Waals surface area contributed by atoms with E-state index in [0.717, 1.165) is 13.1 Å². The van der Waals surface area contributed by atoms with Crippen molar-refractivity contribution < 1.29 is 4.92 Å². The van der Waals surface area contributed by atoms with Crippen LogP contribution in [0, 0.1) is 35.3 Å². The Labute approximate surface area is 146 Å². The van der Waals surface area contributed by atoms with Gasteiger partial charge < -0.3 is 9.80 Å². The predicted octanol–water partition coefficient (Wildman–Crippen LogP) is 2.80. The molecule has 1 aromatic heterocycles. The van der Waals surface area contributed by atoms with Gasteiger partial charge in [0.15, 0.2) is 0 Å². The molecule has 0 saturated carbocycles. The fourth-order valence-electron chi connectivity index (χ4n) is 3.27. The van der Waals surface area contributed by atoms with Crippen molar-refractivity contribution in [2.24, 2.45) is 0 Å². The summed E-state index contributed by atoms with van der Waals surface area (Å²) in [5, 5.41) is 20.7. The summed E-state index contributed by atoms with van der Waals surface area (Å²) in [7, 11) is 0. The van der Waals surface area contributed by atoms with Gasteiger partial charge in [-0.2, -0.15) is 5.26 Å². The Kier molecular flexibility index (Phi) is 4.52. The lowest BCUT2D eigenvalue weighted by Gasteiger charge is -2.37. The number of anilines is 2. The molecule has 1 fully saturated rings. The summed E-state index contributed by atoms with van der Waals surface area (Å²) in [6.07, 6.45) is 0. The van der Waals surface area contributed by atoms with E-state index in [-0.39, 0.29) is 5.69 Å². The van der Waals surface area contributed by atoms with Crippen LogP contribution in [0.5, 0.6) is 0 Å². The maximum atomic E-state index is 11.2. The molecule has 0 N–H and O–H groups in total. The Morgan fingerprint density at radius 1 is 1.12 bits per heavy atom. The number of hydrogen-bond acceptors (Lipinski definition) is 6. The fraction of sp³-hybridized carbons (Fsp3) is 0.333. The van der Waals surface area contributed by atoms with Crippen molar-refractivity contribution in [1.82, 2.24) is 4.98 Å². The molecule has 0 atom stereocenters. The summed E-state index contributed by atoms with van der Waals surface area (Å²) < 4.78 is 0. The van der Waals surface area contributed by atoms with E-state index < -0.39 is 4.92 Å². The molecule has 2 heterocycles. The minimum Gasteiger partial charge on any atom is -0.368 e. The molecule has 1 aromatic carbocycles. The van der Waals surface area contributed by atoms with Crippen LogP contribution < -0.4 is 9.80 Å². The Morgan fingerprint density at radius 3 is 2.28 bits per heavy atom. The lowest BCUT2D eigenvalue weighted by molar-refractivity contribution is -0.386. The highest BCUT2D eigenvalue weighted by Gasteiger charge is 2.27. The van der Waals surface area contributed by atoms with Crippen molar-refractivity contribution in [2.45, 2.75) is 13.8 Å². The lowest BCUT2D eigenvalue weighted by atomic mass is 10.1. The number of rotatable bonds is 3. The lowest BCUT2D eigenvalue weighted by Crippen LogP contribution is -2.47. The maximum absolute atomic E-state index is 11.2. The number of benzene rings is 1. The Bertz CT molecular complexity index is 837. The van der Waals surface area contributed by atoms with Crippen molar-refractivity contribution in [1.29, 1.82) is 5.26 Å². The van der Waals surface area contributed by atoms with Crippen LogP contribution >= 0.6 is 0 Å². The maximum Gasteiger partial charge on any atom is 0.294 e. The van der Waals surface area contributed by atoms with E-state index in [1.807, 2.05) is 23.1 Å². The molecule has 0 radical (unpaired) electrons. The first-order chi connectivity index (χ1) is 12.0. The third-order valence-electron chi connectivity index (χ3n) is 4.57. The van der Waals surface area contributed by atoms with Gasteiger partial charge in [0, 0.05) is 31.9 Å². The van der Waals surface area contributed by atoms with E-state index in [0.29, 0.717) is 35.7 Å². The zero-order valence-corrected chi connectivity index (χ0v) is 14.3. The molecule has 0 aliphatic carbocycles. The first-order valence-electron chi connectivity index (χ1n) is 8.13. The molecule has 1 aliphatic heterocycles. The summed E-state index contributed by atoms with van der Waals surface area (Å²) in [6.45, 7) is 6.29. The highest BCUT2D eigenvalue weighted by molar-refractivity contribution is 5.65. The average molecular weight is 337 g/mol. The number of hydrogen-bond donors (Lipinski definition) is 0. The second-order valence-electron chi connectivity index (χ2n) is 6.05. The number of piperazine rings is 1. The number of nitro groups is 1. The molecule has 0 spiro atoms. The Hall–Kier alpha value is -3.14. The minimum absolute atomic E-state index is 0.0665. The van der Waals surface area contributed by atoms with Gasteiger partial charge in [-0.05, 0) is 26.0 Å². The van der Waals surface area contributed by atoms with E-state index in [1.165, 1.54) is 5.69 Å². The monoisotopic (exact) mass is 337 g/mol. The number of nitriles is 1. The van der Waals surface area contributed by atoms with E-state index >= 15 is 0 Å². The van der Waals surface area contributed by atoms with Crippen molar-refractivity contribution in [3.8, 4) is 6.07 Å². The molecule has 0 unspecified atom stereocenters. The van der Waals surface area contributed by atoms with Crippen LogP contribution in [-0.2, 0) is 0 Å². The molecule has 1 saturated heterocycles. The molecule has 0 amide bonds. The molecular formula is C18H19N5O2. The third kappa shape index (κ3) is 3.11. The van der Waals surface area contributed by atoms with Gasteiger partial charge in [0.2, 0.25) is 0 Å². The number of pyridine rings is 1. The second-order valence-corrected chi connectivity index (χ2v) is 6.05. The average Bonchev–Trinajstić information content (AvgIpc) is 2.62. The second kappa shape index (κ2) is 6.77. The van der Waals surface area contributed by atoms with E-state index in [2.05, 4.69) is 28.1 Å². The van der Waals surface area contributed by atoms with E-state index in [4.69, 9.17) is 0 Å². The van der Waals surface area contributed by atoms with Crippen molar-refractivity contribution in [3.63, 3.8) is 0 Å². The van der Waals surface area contributed by atoms with Gasteiger partial charge in [-0.1, -0.05) is 18.2 Å².